The molecule has 0 saturated heterocycles. The van der Waals surface area contributed by atoms with Crippen molar-refractivity contribution in [2.24, 2.45) is 0 Å². The number of oxazole rings is 1. The molecule has 4 aromatic rings. The molecule has 0 unspecified atom stereocenters. The standard InChI is InChI=1S/C28H25N2O7/c1-19-25(29-27(36-19)21-8-4-3-5-9-21)18-35-24-10-6-7-20(15-24)16-30(17-26(31)32)28(33)37-23-13-11-22(34-2)12-14-23/h3-15H,1,16-18H2,2H3,(H,31,32). The highest BCUT2D eigenvalue weighted by Crippen LogP contribution is 2.24. The number of methoxy groups -OCH3 is 1. The van der Waals surface area contributed by atoms with Crippen molar-refractivity contribution in [2.75, 3.05) is 13.7 Å². The summed E-state index contributed by atoms with van der Waals surface area (Å²) in [6.07, 6.45) is -0.795. The average molecular weight is 502 g/mol. The Hall–Kier alpha value is -4.79. The third-order valence-electron chi connectivity index (χ3n) is 5.30. The van der Waals surface area contributed by atoms with Crippen molar-refractivity contribution >= 4 is 12.1 Å². The van der Waals surface area contributed by atoms with Crippen LogP contribution in [0.1, 0.15) is 17.0 Å². The van der Waals surface area contributed by atoms with Gasteiger partial charge in [-0.15, -0.1) is 0 Å². The number of carbonyl (C=O) groups excluding carboxylic acids is 1. The van der Waals surface area contributed by atoms with E-state index in [-0.39, 0.29) is 18.9 Å². The van der Waals surface area contributed by atoms with Gasteiger partial charge in [0.25, 0.3) is 0 Å². The molecule has 1 N–H and O–H groups in total. The van der Waals surface area contributed by atoms with Gasteiger partial charge in [-0.3, -0.25) is 9.69 Å². The number of benzene rings is 3. The van der Waals surface area contributed by atoms with Gasteiger partial charge in [0.1, 0.15) is 41.9 Å². The van der Waals surface area contributed by atoms with Crippen molar-refractivity contribution < 1.29 is 33.3 Å². The van der Waals surface area contributed by atoms with Gasteiger partial charge in [0.05, 0.1) is 7.11 Å². The van der Waals surface area contributed by atoms with Crippen LogP contribution in [-0.4, -0.2) is 40.7 Å². The van der Waals surface area contributed by atoms with Crippen molar-refractivity contribution in [3.63, 3.8) is 0 Å². The van der Waals surface area contributed by atoms with Crippen LogP contribution in [0.5, 0.6) is 17.2 Å². The molecule has 0 aliphatic carbocycles. The van der Waals surface area contributed by atoms with Gasteiger partial charge in [-0.05, 0) is 54.1 Å². The molecule has 9 nitrogen and oxygen atoms in total. The topological polar surface area (TPSA) is 111 Å². The molecule has 0 spiro atoms. The van der Waals surface area contributed by atoms with Gasteiger partial charge >= 0.3 is 12.1 Å². The van der Waals surface area contributed by atoms with E-state index in [1.54, 1.807) is 48.5 Å². The zero-order valence-electron chi connectivity index (χ0n) is 20.1. The summed E-state index contributed by atoms with van der Waals surface area (Å²) in [6, 6.07) is 22.9. The molecule has 1 amide bonds. The molecule has 0 aliphatic heterocycles. The zero-order valence-corrected chi connectivity index (χ0v) is 20.1. The average Bonchev–Trinajstić information content (AvgIpc) is 3.28. The van der Waals surface area contributed by atoms with E-state index < -0.39 is 18.6 Å². The van der Waals surface area contributed by atoms with E-state index in [9.17, 15) is 14.7 Å². The quantitative estimate of drug-likeness (QED) is 0.316. The SMILES string of the molecule is [CH2]c1oc(-c2ccccc2)nc1COc1cccc(CN(CC(=O)O)C(=O)Oc2ccc(OC)cc2)c1. The highest BCUT2D eigenvalue weighted by atomic mass is 16.6. The second kappa shape index (κ2) is 11.8. The molecular weight excluding hydrogens is 476 g/mol. The van der Waals surface area contributed by atoms with Crippen LogP contribution in [-0.2, 0) is 17.9 Å². The van der Waals surface area contributed by atoms with Gasteiger partial charge in [0, 0.05) is 19.0 Å². The van der Waals surface area contributed by atoms with Crippen LogP contribution in [0.15, 0.2) is 83.3 Å². The third-order valence-corrected chi connectivity index (χ3v) is 5.30. The lowest BCUT2D eigenvalue weighted by Gasteiger charge is -2.20. The summed E-state index contributed by atoms with van der Waals surface area (Å²) < 4.78 is 22.0. The molecule has 3 aromatic carbocycles. The molecule has 0 fully saturated rings. The number of carbonyl (C=O) groups is 2. The Morgan fingerprint density at radius 1 is 0.973 bits per heavy atom. The largest absolute Gasteiger partial charge is 0.497 e. The molecule has 0 bridgehead atoms. The molecule has 1 heterocycles. The van der Waals surface area contributed by atoms with E-state index in [1.807, 2.05) is 30.3 Å². The summed E-state index contributed by atoms with van der Waals surface area (Å²) >= 11 is 0. The molecule has 0 aliphatic rings. The van der Waals surface area contributed by atoms with Crippen molar-refractivity contribution in [3.05, 3.63) is 103 Å². The van der Waals surface area contributed by atoms with E-state index >= 15 is 0 Å². The van der Waals surface area contributed by atoms with Gasteiger partial charge in [-0.25, -0.2) is 9.78 Å². The van der Waals surface area contributed by atoms with E-state index in [2.05, 4.69) is 11.9 Å². The maximum absolute atomic E-state index is 12.7. The fourth-order valence-corrected chi connectivity index (χ4v) is 3.46. The van der Waals surface area contributed by atoms with Gasteiger partial charge in [-0.1, -0.05) is 30.3 Å². The molecule has 189 valence electrons. The first-order valence-electron chi connectivity index (χ1n) is 11.3. The van der Waals surface area contributed by atoms with E-state index in [1.165, 1.54) is 7.11 Å². The maximum Gasteiger partial charge on any atom is 0.416 e. The Kier molecular flexibility index (Phi) is 8.05. The molecule has 0 saturated carbocycles. The summed E-state index contributed by atoms with van der Waals surface area (Å²) in [5.41, 5.74) is 2.05. The number of carboxylic acids is 1. The summed E-state index contributed by atoms with van der Waals surface area (Å²) in [6.45, 7) is 3.48. The number of ether oxygens (including phenoxy) is 3. The van der Waals surface area contributed by atoms with Crippen molar-refractivity contribution in [1.82, 2.24) is 9.88 Å². The van der Waals surface area contributed by atoms with E-state index in [0.717, 1.165) is 10.5 Å². The summed E-state index contributed by atoms with van der Waals surface area (Å²) in [5.74, 6) is 1.08. The predicted molar refractivity (Wildman–Crippen MR) is 134 cm³/mol. The predicted octanol–water partition coefficient (Wildman–Crippen LogP) is 5.20. The van der Waals surface area contributed by atoms with Crippen LogP contribution in [0.2, 0.25) is 0 Å². The molecule has 1 radical (unpaired) electrons. The Morgan fingerprint density at radius 2 is 1.70 bits per heavy atom. The number of carboxylic acid groups (broad SMARTS) is 1. The fraction of sp³-hybridized carbons (Fsp3) is 0.143. The molecule has 9 heteroatoms. The molecular formula is C28H25N2O7. The number of hydrogen-bond acceptors (Lipinski definition) is 7. The van der Waals surface area contributed by atoms with Crippen LogP contribution >= 0.6 is 0 Å². The van der Waals surface area contributed by atoms with Crippen LogP contribution in [0.4, 0.5) is 4.79 Å². The third kappa shape index (κ3) is 6.88. The Balaban J connectivity index is 1.42. The Bertz CT molecular complexity index is 1350. The number of amides is 1. The van der Waals surface area contributed by atoms with Crippen LogP contribution in [0.3, 0.4) is 0 Å². The minimum Gasteiger partial charge on any atom is -0.497 e. The lowest BCUT2D eigenvalue weighted by Crippen LogP contribution is -2.37. The number of rotatable bonds is 10. The lowest BCUT2D eigenvalue weighted by molar-refractivity contribution is -0.138. The maximum atomic E-state index is 12.7. The lowest BCUT2D eigenvalue weighted by atomic mass is 10.2. The normalized spacial score (nSPS) is 10.5. The van der Waals surface area contributed by atoms with Gasteiger partial charge in [0.2, 0.25) is 5.89 Å². The number of nitrogens with zero attached hydrogens (tertiary/aromatic N) is 2. The first kappa shape index (κ1) is 25.3. The smallest absolute Gasteiger partial charge is 0.416 e. The second-order valence-corrected chi connectivity index (χ2v) is 7.98. The molecule has 37 heavy (non-hydrogen) atoms. The summed E-state index contributed by atoms with van der Waals surface area (Å²) in [7, 11) is 1.53. The molecule has 0 atom stereocenters. The number of aliphatic carboxylic acids is 1. The van der Waals surface area contributed by atoms with Crippen LogP contribution in [0, 0.1) is 6.92 Å². The minimum atomic E-state index is -1.16. The van der Waals surface area contributed by atoms with E-state index in [0.29, 0.717) is 34.4 Å². The van der Waals surface area contributed by atoms with Crippen LogP contribution in [0.25, 0.3) is 11.5 Å². The summed E-state index contributed by atoms with van der Waals surface area (Å²) in [4.78, 5) is 29.7. The highest BCUT2D eigenvalue weighted by Gasteiger charge is 2.20. The highest BCUT2D eigenvalue weighted by molar-refractivity contribution is 5.78. The first-order chi connectivity index (χ1) is 17.9. The molecule has 1 aromatic heterocycles. The van der Waals surface area contributed by atoms with E-state index in [4.69, 9.17) is 18.6 Å². The van der Waals surface area contributed by atoms with Gasteiger partial charge < -0.3 is 23.7 Å². The first-order valence-corrected chi connectivity index (χ1v) is 11.3. The molecule has 4 rings (SSSR count). The van der Waals surface area contributed by atoms with Gasteiger partial charge in [-0.2, -0.15) is 0 Å². The number of aromatic nitrogens is 1. The van der Waals surface area contributed by atoms with Crippen molar-refractivity contribution in [3.8, 4) is 28.7 Å². The summed E-state index contributed by atoms with van der Waals surface area (Å²) in [5, 5.41) is 9.31. The number of hydrogen-bond donors (Lipinski definition) is 1. The van der Waals surface area contributed by atoms with Crippen LogP contribution < -0.4 is 14.2 Å². The van der Waals surface area contributed by atoms with Crippen molar-refractivity contribution in [1.29, 1.82) is 0 Å². The minimum absolute atomic E-state index is 0.00118. The van der Waals surface area contributed by atoms with Gasteiger partial charge in [0.15, 0.2) is 0 Å². The second-order valence-electron chi connectivity index (χ2n) is 7.98. The zero-order chi connectivity index (χ0) is 26.2. The Morgan fingerprint density at radius 3 is 2.41 bits per heavy atom. The fourth-order valence-electron chi connectivity index (χ4n) is 3.46. The van der Waals surface area contributed by atoms with Crippen molar-refractivity contribution in [2.45, 2.75) is 13.2 Å². The Labute approximate surface area is 213 Å². The monoisotopic (exact) mass is 501 g/mol.